The summed E-state index contributed by atoms with van der Waals surface area (Å²) in [5.41, 5.74) is 1.72. The monoisotopic (exact) mass is 293 g/mol. The highest BCUT2D eigenvalue weighted by Gasteiger charge is 2.32. The van der Waals surface area contributed by atoms with Crippen molar-refractivity contribution in [2.75, 3.05) is 5.32 Å². The highest BCUT2D eigenvalue weighted by atomic mass is 32.1. The van der Waals surface area contributed by atoms with Crippen molar-refractivity contribution in [1.82, 2.24) is 9.55 Å². The number of nitrogens with one attached hydrogen (secondary N) is 1. The second-order valence-electron chi connectivity index (χ2n) is 4.92. The average molecular weight is 293 g/mol. The predicted octanol–water partition coefficient (Wildman–Crippen LogP) is 3.57. The Labute approximate surface area is 126 Å². The van der Waals surface area contributed by atoms with Crippen LogP contribution in [0.5, 0.6) is 0 Å². The van der Waals surface area contributed by atoms with Gasteiger partial charge in [-0.2, -0.15) is 0 Å². The van der Waals surface area contributed by atoms with Gasteiger partial charge in [0, 0.05) is 5.39 Å². The molecule has 1 atom stereocenters. The smallest absolute Gasteiger partial charge is 0.261 e. The minimum Gasteiger partial charge on any atom is -0.355 e. The van der Waals surface area contributed by atoms with E-state index in [4.69, 9.17) is 12.2 Å². The third kappa shape index (κ3) is 1.78. The lowest BCUT2D eigenvalue weighted by molar-refractivity contribution is 0.0905. The number of carbonyl (C=O) groups is 1. The van der Waals surface area contributed by atoms with Crippen molar-refractivity contribution in [2.45, 2.75) is 6.04 Å². The van der Waals surface area contributed by atoms with E-state index >= 15 is 0 Å². The van der Waals surface area contributed by atoms with Crippen molar-refractivity contribution in [3.63, 3.8) is 0 Å². The molecular formula is C16H11N3OS. The first-order valence-electron chi connectivity index (χ1n) is 6.63. The Bertz CT molecular complexity index is 918. The number of anilines is 1. The van der Waals surface area contributed by atoms with Crippen LogP contribution in [0.3, 0.4) is 0 Å². The topological polar surface area (TPSA) is 46.9 Å². The van der Waals surface area contributed by atoms with E-state index in [9.17, 15) is 4.79 Å². The quantitative estimate of drug-likeness (QED) is 0.697. The van der Waals surface area contributed by atoms with Crippen molar-refractivity contribution in [1.29, 1.82) is 0 Å². The number of fused-ring (bicyclic) bond motifs is 3. The highest BCUT2D eigenvalue weighted by Crippen LogP contribution is 2.33. The normalized spacial score (nSPS) is 16.8. The van der Waals surface area contributed by atoms with Crippen LogP contribution in [0.25, 0.3) is 10.9 Å². The van der Waals surface area contributed by atoms with E-state index in [0.717, 1.165) is 22.3 Å². The van der Waals surface area contributed by atoms with Crippen LogP contribution in [0.4, 0.5) is 5.82 Å². The summed E-state index contributed by atoms with van der Waals surface area (Å²) < 4.78 is 1.79. The molecule has 0 spiro atoms. The molecule has 1 aliphatic heterocycles. The van der Waals surface area contributed by atoms with Crippen LogP contribution in [0.15, 0.2) is 54.6 Å². The van der Waals surface area contributed by atoms with Gasteiger partial charge >= 0.3 is 0 Å². The van der Waals surface area contributed by atoms with E-state index in [-0.39, 0.29) is 5.91 Å². The number of para-hydroxylation sites is 1. The van der Waals surface area contributed by atoms with E-state index in [1.54, 1.807) is 0 Å². The Kier molecular flexibility index (Phi) is 2.62. The number of nitrogens with zero attached hydrogens (tertiary/aromatic N) is 2. The molecule has 4 rings (SSSR count). The second-order valence-corrected chi connectivity index (χ2v) is 5.29. The fourth-order valence-corrected chi connectivity index (χ4v) is 2.97. The fraction of sp³-hybridized carbons (Fsp3) is 0.0625. The molecule has 0 amide bonds. The van der Waals surface area contributed by atoms with Gasteiger partial charge in [0.25, 0.3) is 5.91 Å². The third-order valence-electron chi connectivity index (χ3n) is 3.67. The molecule has 4 nitrogen and oxygen atoms in total. The lowest BCUT2D eigenvalue weighted by Gasteiger charge is -2.08. The fourth-order valence-electron chi connectivity index (χ4n) is 2.69. The molecule has 5 heteroatoms. The van der Waals surface area contributed by atoms with E-state index in [1.165, 1.54) is 4.57 Å². The number of benzene rings is 2. The average Bonchev–Trinajstić information content (AvgIpc) is 2.87. The zero-order chi connectivity index (χ0) is 14.4. The maximum atomic E-state index is 12.7. The summed E-state index contributed by atoms with van der Waals surface area (Å²) >= 11 is 5.28. The lowest BCUT2D eigenvalue weighted by atomic mass is 10.1. The van der Waals surface area contributed by atoms with Gasteiger partial charge in [0.2, 0.25) is 4.77 Å². The second kappa shape index (κ2) is 4.49. The largest absolute Gasteiger partial charge is 0.355 e. The summed E-state index contributed by atoms with van der Waals surface area (Å²) in [5, 5.41) is 4.19. The first-order chi connectivity index (χ1) is 10.3. The number of carbonyl (C=O) groups excluding carboxylic acids is 1. The summed E-state index contributed by atoms with van der Waals surface area (Å²) in [6.45, 7) is 0. The van der Waals surface area contributed by atoms with Gasteiger partial charge in [-0.15, -0.1) is 0 Å². The highest BCUT2D eigenvalue weighted by molar-refractivity contribution is 7.71. The third-order valence-corrected chi connectivity index (χ3v) is 3.95. The summed E-state index contributed by atoms with van der Waals surface area (Å²) in [5.74, 6) is 0.643. The van der Waals surface area contributed by atoms with Gasteiger partial charge in [0.15, 0.2) is 0 Å². The molecule has 0 radical (unpaired) electrons. The van der Waals surface area contributed by atoms with E-state index in [0.29, 0.717) is 4.77 Å². The van der Waals surface area contributed by atoms with Crippen LogP contribution < -0.4 is 5.32 Å². The van der Waals surface area contributed by atoms with E-state index < -0.39 is 6.04 Å². The van der Waals surface area contributed by atoms with Crippen molar-refractivity contribution >= 4 is 34.8 Å². The first kappa shape index (κ1) is 12.2. The van der Waals surface area contributed by atoms with Gasteiger partial charge in [-0.05, 0) is 29.9 Å². The first-order valence-corrected chi connectivity index (χ1v) is 7.04. The minimum atomic E-state index is -0.416. The van der Waals surface area contributed by atoms with Gasteiger partial charge in [-0.1, -0.05) is 42.5 Å². The maximum Gasteiger partial charge on any atom is 0.261 e. The van der Waals surface area contributed by atoms with Crippen molar-refractivity contribution in [3.05, 3.63) is 64.9 Å². The molecule has 2 heterocycles. The number of hydrogen-bond acceptors (Lipinski definition) is 4. The van der Waals surface area contributed by atoms with Crippen LogP contribution in [-0.2, 0) is 0 Å². The molecule has 1 aliphatic rings. The number of rotatable bonds is 1. The molecule has 1 N–H and O–H groups in total. The van der Waals surface area contributed by atoms with Crippen LogP contribution >= 0.6 is 12.2 Å². The molecule has 2 aromatic carbocycles. The summed E-state index contributed by atoms with van der Waals surface area (Å²) in [6.07, 6.45) is 0. The summed E-state index contributed by atoms with van der Waals surface area (Å²) in [7, 11) is 0. The van der Waals surface area contributed by atoms with Crippen LogP contribution in [0.2, 0.25) is 0 Å². The predicted molar refractivity (Wildman–Crippen MR) is 84.0 cm³/mol. The SMILES string of the molecule is O=C1[C@@H](c2ccccc2)Nc2c3ccccc3nc(=S)n21. The van der Waals surface area contributed by atoms with Gasteiger partial charge in [-0.3, -0.25) is 4.79 Å². The minimum absolute atomic E-state index is 0.0838. The molecule has 0 unspecified atom stereocenters. The molecule has 0 fully saturated rings. The molecule has 0 bridgehead atoms. The molecule has 3 aromatic rings. The van der Waals surface area contributed by atoms with Crippen LogP contribution in [0.1, 0.15) is 16.4 Å². The summed E-state index contributed by atoms with van der Waals surface area (Å²) in [4.78, 5) is 17.0. The standard InChI is InChI=1S/C16H11N3OS/c20-15-13(10-6-2-1-3-7-10)18-14-11-8-4-5-9-12(11)17-16(21)19(14)15/h1-9,13,18H/t13-/m1/s1. The molecule has 1 aromatic heterocycles. The molecule has 0 aliphatic carbocycles. The molecular weight excluding hydrogens is 282 g/mol. The Hall–Kier alpha value is -2.53. The Morgan fingerprint density at radius 2 is 1.76 bits per heavy atom. The number of aromatic nitrogens is 2. The zero-order valence-electron chi connectivity index (χ0n) is 11.0. The Morgan fingerprint density at radius 3 is 2.57 bits per heavy atom. The number of hydrogen-bond donors (Lipinski definition) is 1. The van der Waals surface area contributed by atoms with Gasteiger partial charge in [0.1, 0.15) is 11.9 Å². The molecule has 0 saturated carbocycles. The molecule has 0 saturated heterocycles. The van der Waals surface area contributed by atoms with Crippen molar-refractivity contribution < 1.29 is 4.79 Å². The Morgan fingerprint density at radius 1 is 1.05 bits per heavy atom. The molecule has 102 valence electrons. The van der Waals surface area contributed by atoms with Crippen LogP contribution in [0, 0.1) is 4.77 Å². The maximum absolute atomic E-state index is 12.7. The van der Waals surface area contributed by atoms with E-state index in [1.807, 2.05) is 54.6 Å². The molecule has 21 heavy (non-hydrogen) atoms. The van der Waals surface area contributed by atoms with Crippen molar-refractivity contribution in [2.24, 2.45) is 0 Å². The lowest BCUT2D eigenvalue weighted by Crippen LogP contribution is -2.16. The Balaban J connectivity index is 1.95. The van der Waals surface area contributed by atoms with Crippen molar-refractivity contribution in [3.8, 4) is 0 Å². The van der Waals surface area contributed by atoms with Gasteiger partial charge in [-0.25, -0.2) is 9.55 Å². The van der Waals surface area contributed by atoms with Gasteiger partial charge in [0.05, 0.1) is 5.52 Å². The van der Waals surface area contributed by atoms with Crippen LogP contribution in [-0.4, -0.2) is 15.5 Å². The zero-order valence-corrected chi connectivity index (χ0v) is 11.8. The summed E-state index contributed by atoms with van der Waals surface area (Å²) in [6, 6.07) is 16.9. The van der Waals surface area contributed by atoms with E-state index in [2.05, 4.69) is 10.3 Å². The van der Waals surface area contributed by atoms with Gasteiger partial charge < -0.3 is 5.32 Å².